The van der Waals surface area contributed by atoms with Gasteiger partial charge in [-0.1, -0.05) is 32.0 Å². The Morgan fingerprint density at radius 3 is 2.77 bits per heavy atom. The van der Waals surface area contributed by atoms with Crippen molar-refractivity contribution < 1.29 is 9.90 Å². The van der Waals surface area contributed by atoms with Crippen LogP contribution in [0.15, 0.2) is 30.3 Å². The van der Waals surface area contributed by atoms with Crippen LogP contribution in [-0.4, -0.2) is 28.8 Å². The van der Waals surface area contributed by atoms with Crippen molar-refractivity contribution in [2.45, 2.75) is 33.3 Å². The number of anilines is 1. The van der Waals surface area contributed by atoms with Gasteiger partial charge in [0.25, 0.3) is 0 Å². The lowest BCUT2D eigenvalue weighted by atomic mass is 10.0. The third-order valence-corrected chi connectivity index (χ3v) is 3.60. The van der Waals surface area contributed by atoms with Crippen LogP contribution in [0.2, 0.25) is 0 Å². The van der Waals surface area contributed by atoms with Gasteiger partial charge in [-0.15, -0.1) is 0 Å². The molecule has 0 aliphatic heterocycles. The second-order valence-corrected chi connectivity index (χ2v) is 5.81. The molecule has 2 rings (SSSR count). The SMILES string of the molecule is Cc1ccc2cccc(NC(=O)NCCC(O)C(C)C)c2n1. The van der Waals surface area contributed by atoms with E-state index in [0.717, 1.165) is 16.6 Å². The highest BCUT2D eigenvalue weighted by Gasteiger charge is 2.10. The van der Waals surface area contributed by atoms with Crippen molar-refractivity contribution in [2.24, 2.45) is 5.92 Å². The molecule has 5 nitrogen and oxygen atoms in total. The van der Waals surface area contributed by atoms with Crippen molar-refractivity contribution in [3.8, 4) is 0 Å². The van der Waals surface area contributed by atoms with Gasteiger partial charge in [0.15, 0.2) is 0 Å². The summed E-state index contributed by atoms with van der Waals surface area (Å²) in [6.07, 6.45) is 0.139. The van der Waals surface area contributed by atoms with Gasteiger partial charge in [0.2, 0.25) is 0 Å². The maximum Gasteiger partial charge on any atom is 0.319 e. The van der Waals surface area contributed by atoms with Gasteiger partial charge in [0, 0.05) is 17.6 Å². The first-order valence-electron chi connectivity index (χ1n) is 7.56. The average Bonchev–Trinajstić information content (AvgIpc) is 2.47. The fourth-order valence-corrected chi connectivity index (χ4v) is 2.18. The Bertz CT molecular complexity index is 655. The molecule has 0 saturated carbocycles. The van der Waals surface area contributed by atoms with Gasteiger partial charge in [-0.25, -0.2) is 4.79 Å². The third-order valence-electron chi connectivity index (χ3n) is 3.60. The van der Waals surface area contributed by atoms with Crippen molar-refractivity contribution in [3.05, 3.63) is 36.0 Å². The lowest BCUT2D eigenvalue weighted by Crippen LogP contribution is -2.32. The van der Waals surface area contributed by atoms with Gasteiger partial charge in [-0.05, 0) is 31.4 Å². The smallest absolute Gasteiger partial charge is 0.319 e. The lowest BCUT2D eigenvalue weighted by molar-refractivity contribution is 0.117. The number of carbonyl (C=O) groups excluding carboxylic acids is 1. The molecule has 1 atom stereocenters. The molecule has 1 aromatic heterocycles. The number of aliphatic hydroxyl groups is 1. The molecule has 5 heteroatoms. The van der Waals surface area contributed by atoms with E-state index in [2.05, 4.69) is 15.6 Å². The molecule has 0 aliphatic carbocycles. The highest BCUT2D eigenvalue weighted by Crippen LogP contribution is 2.21. The van der Waals surface area contributed by atoms with Crippen molar-refractivity contribution in [3.63, 3.8) is 0 Å². The van der Waals surface area contributed by atoms with E-state index in [9.17, 15) is 9.90 Å². The first-order valence-corrected chi connectivity index (χ1v) is 7.56. The maximum atomic E-state index is 12.0. The molecule has 22 heavy (non-hydrogen) atoms. The molecule has 1 aromatic carbocycles. The number of nitrogens with one attached hydrogen (secondary N) is 2. The van der Waals surface area contributed by atoms with E-state index in [-0.39, 0.29) is 11.9 Å². The number of urea groups is 1. The molecular weight excluding hydrogens is 278 g/mol. The maximum absolute atomic E-state index is 12.0. The summed E-state index contributed by atoms with van der Waals surface area (Å²) in [5, 5.41) is 16.3. The van der Waals surface area contributed by atoms with Crippen LogP contribution in [-0.2, 0) is 0 Å². The molecule has 2 aromatic rings. The highest BCUT2D eigenvalue weighted by molar-refractivity contribution is 5.99. The first-order chi connectivity index (χ1) is 10.5. The number of fused-ring (bicyclic) bond motifs is 1. The molecule has 0 bridgehead atoms. The molecule has 3 N–H and O–H groups in total. The lowest BCUT2D eigenvalue weighted by Gasteiger charge is -2.15. The molecular formula is C17H23N3O2. The van der Waals surface area contributed by atoms with E-state index in [0.29, 0.717) is 18.7 Å². The van der Waals surface area contributed by atoms with Crippen molar-refractivity contribution in [1.82, 2.24) is 10.3 Å². The zero-order valence-electron chi connectivity index (χ0n) is 13.3. The number of hydrogen-bond donors (Lipinski definition) is 3. The quantitative estimate of drug-likeness (QED) is 0.794. The number of nitrogens with zero attached hydrogens (tertiary/aromatic N) is 1. The zero-order chi connectivity index (χ0) is 16.1. The Morgan fingerprint density at radius 1 is 1.27 bits per heavy atom. The van der Waals surface area contributed by atoms with Crippen LogP contribution < -0.4 is 10.6 Å². The summed E-state index contributed by atoms with van der Waals surface area (Å²) in [4.78, 5) is 16.4. The molecule has 2 amide bonds. The van der Waals surface area contributed by atoms with Crippen LogP contribution in [0.25, 0.3) is 10.9 Å². The first kappa shape index (κ1) is 16.2. The summed E-state index contributed by atoms with van der Waals surface area (Å²) < 4.78 is 0. The predicted molar refractivity (Wildman–Crippen MR) is 89.0 cm³/mol. The van der Waals surface area contributed by atoms with Crippen LogP contribution in [0.4, 0.5) is 10.5 Å². The minimum absolute atomic E-state index is 0.190. The van der Waals surface area contributed by atoms with E-state index >= 15 is 0 Å². The molecule has 0 radical (unpaired) electrons. The van der Waals surface area contributed by atoms with Crippen molar-refractivity contribution in [1.29, 1.82) is 0 Å². The molecule has 0 spiro atoms. The minimum atomic E-state index is -0.401. The van der Waals surface area contributed by atoms with Crippen LogP contribution in [0.5, 0.6) is 0 Å². The number of carbonyl (C=O) groups is 1. The zero-order valence-corrected chi connectivity index (χ0v) is 13.3. The van der Waals surface area contributed by atoms with Crippen molar-refractivity contribution >= 4 is 22.6 Å². The normalized spacial score (nSPS) is 12.4. The van der Waals surface area contributed by atoms with Crippen LogP contribution in [0.3, 0.4) is 0 Å². The standard InChI is InChI=1S/C17H23N3O2/c1-11(2)15(21)9-10-18-17(22)20-14-6-4-5-13-8-7-12(3)19-16(13)14/h4-8,11,15,21H,9-10H2,1-3H3,(H2,18,20,22). The Labute approximate surface area is 130 Å². The largest absolute Gasteiger partial charge is 0.393 e. The Kier molecular flexibility index (Phi) is 5.33. The molecule has 0 saturated heterocycles. The highest BCUT2D eigenvalue weighted by atomic mass is 16.3. The van der Waals surface area contributed by atoms with Crippen LogP contribution in [0, 0.1) is 12.8 Å². The third kappa shape index (κ3) is 4.18. The summed E-state index contributed by atoms with van der Waals surface area (Å²) >= 11 is 0. The number of benzene rings is 1. The fraction of sp³-hybridized carbons (Fsp3) is 0.412. The number of rotatable bonds is 5. The molecule has 1 heterocycles. The van der Waals surface area contributed by atoms with Crippen LogP contribution in [0.1, 0.15) is 26.0 Å². The van der Waals surface area contributed by atoms with Gasteiger partial charge in [0.05, 0.1) is 17.3 Å². The van der Waals surface area contributed by atoms with Gasteiger partial charge in [-0.2, -0.15) is 0 Å². The Morgan fingerprint density at radius 2 is 2.05 bits per heavy atom. The number of para-hydroxylation sites is 1. The monoisotopic (exact) mass is 301 g/mol. The van der Waals surface area contributed by atoms with E-state index in [1.165, 1.54) is 0 Å². The average molecular weight is 301 g/mol. The second-order valence-electron chi connectivity index (χ2n) is 5.81. The Hall–Kier alpha value is -2.14. The van der Waals surface area contributed by atoms with E-state index in [4.69, 9.17) is 0 Å². The molecule has 1 unspecified atom stereocenters. The van der Waals surface area contributed by atoms with Gasteiger partial charge >= 0.3 is 6.03 Å². The molecule has 118 valence electrons. The summed E-state index contributed by atoms with van der Waals surface area (Å²) in [6, 6.07) is 9.32. The molecule has 0 aliphatic rings. The topological polar surface area (TPSA) is 74.2 Å². The fourth-order valence-electron chi connectivity index (χ4n) is 2.18. The number of pyridine rings is 1. The van der Waals surface area contributed by atoms with Crippen molar-refractivity contribution in [2.75, 3.05) is 11.9 Å². The minimum Gasteiger partial charge on any atom is -0.393 e. The van der Waals surface area contributed by atoms with E-state index < -0.39 is 6.10 Å². The second kappa shape index (κ2) is 7.22. The van der Waals surface area contributed by atoms with Gasteiger partial charge in [-0.3, -0.25) is 4.98 Å². The summed E-state index contributed by atoms with van der Waals surface area (Å²) in [7, 11) is 0. The number of aromatic nitrogens is 1. The number of hydrogen-bond acceptors (Lipinski definition) is 3. The number of amides is 2. The van der Waals surface area contributed by atoms with Gasteiger partial charge in [0.1, 0.15) is 0 Å². The van der Waals surface area contributed by atoms with E-state index in [1.807, 2.05) is 51.1 Å². The summed E-state index contributed by atoms with van der Waals surface area (Å²) in [5.41, 5.74) is 2.37. The number of aliphatic hydroxyl groups excluding tert-OH is 1. The predicted octanol–water partition coefficient (Wildman–Crippen LogP) is 3.07. The Balaban J connectivity index is 1.99. The summed E-state index contributed by atoms with van der Waals surface area (Å²) in [6.45, 7) is 6.26. The molecule has 0 fully saturated rings. The summed E-state index contributed by atoms with van der Waals surface area (Å²) in [5.74, 6) is 0.190. The van der Waals surface area contributed by atoms with E-state index in [1.54, 1.807) is 0 Å². The van der Waals surface area contributed by atoms with Gasteiger partial charge < -0.3 is 15.7 Å². The number of aryl methyl sites for hydroxylation is 1. The van der Waals surface area contributed by atoms with Crippen LogP contribution >= 0.6 is 0 Å².